The Morgan fingerprint density at radius 2 is 2.08 bits per heavy atom. The smallest absolute Gasteiger partial charge is 0.268 e. The lowest BCUT2D eigenvalue weighted by atomic mass is 10.0. The summed E-state index contributed by atoms with van der Waals surface area (Å²) in [4.78, 5) is 27.0. The zero-order valence-electron chi connectivity index (χ0n) is 14.9. The maximum absolute atomic E-state index is 12.9. The summed E-state index contributed by atoms with van der Waals surface area (Å²) in [6.07, 6.45) is 6.31. The Bertz CT molecular complexity index is 905. The molecule has 0 spiro atoms. The second kappa shape index (κ2) is 7.15. The summed E-state index contributed by atoms with van der Waals surface area (Å²) in [6, 6.07) is 9.98. The zero-order chi connectivity index (χ0) is 17.9. The molecule has 3 heterocycles. The van der Waals surface area contributed by atoms with Crippen LogP contribution in [-0.4, -0.2) is 40.0 Å². The fourth-order valence-corrected chi connectivity index (χ4v) is 3.75. The van der Waals surface area contributed by atoms with Crippen LogP contribution in [-0.2, 0) is 6.42 Å². The van der Waals surface area contributed by atoms with Gasteiger partial charge in [-0.2, -0.15) is 0 Å². The first-order chi connectivity index (χ1) is 12.8. The van der Waals surface area contributed by atoms with Crippen molar-refractivity contribution >= 4 is 22.8 Å². The number of carbonyl (C=O) groups is 1. The van der Waals surface area contributed by atoms with Crippen molar-refractivity contribution in [1.29, 1.82) is 0 Å². The van der Waals surface area contributed by atoms with Crippen molar-refractivity contribution in [1.82, 2.24) is 20.3 Å². The van der Waals surface area contributed by atoms with E-state index < -0.39 is 0 Å². The number of rotatable bonds is 4. The predicted molar refractivity (Wildman–Crippen MR) is 102 cm³/mol. The standard InChI is InChI=1S/C20H23N5O/c1-2-15-16-8-3-4-9-17(16)24-18(15)19(26)23-14-7-5-12-25(13-14)20-21-10-6-11-22-20/h3-4,6,8-11,14,24H,2,5,7,12-13H2,1H3,(H,23,26). The summed E-state index contributed by atoms with van der Waals surface area (Å²) in [5.74, 6) is 0.699. The van der Waals surface area contributed by atoms with Crippen LogP contribution >= 0.6 is 0 Å². The Balaban J connectivity index is 1.51. The van der Waals surface area contributed by atoms with Gasteiger partial charge >= 0.3 is 0 Å². The first-order valence-electron chi connectivity index (χ1n) is 9.18. The highest BCUT2D eigenvalue weighted by Gasteiger charge is 2.25. The molecule has 1 aliphatic heterocycles. The average molecular weight is 349 g/mol. The topological polar surface area (TPSA) is 73.9 Å². The fraction of sp³-hybridized carbons (Fsp3) is 0.350. The normalized spacial score (nSPS) is 17.4. The molecular formula is C20H23N5O. The highest BCUT2D eigenvalue weighted by atomic mass is 16.2. The van der Waals surface area contributed by atoms with Crippen LogP contribution in [0.3, 0.4) is 0 Å². The third kappa shape index (κ3) is 3.14. The Hall–Kier alpha value is -2.89. The number of amides is 1. The van der Waals surface area contributed by atoms with E-state index in [9.17, 15) is 4.79 Å². The zero-order valence-corrected chi connectivity index (χ0v) is 14.9. The van der Waals surface area contributed by atoms with Crippen molar-refractivity contribution in [3.05, 3.63) is 54.0 Å². The summed E-state index contributed by atoms with van der Waals surface area (Å²) >= 11 is 0. The lowest BCUT2D eigenvalue weighted by molar-refractivity contribution is 0.0928. The van der Waals surface area contributed by atoms with Crippen LogP contribution in [0.15, 0.2) is 42.7 Å². The van der Waals surface area contributed by atoms with Gasteiger partial charge in [0.1, 0.15) is 5.69 Å². The van der Waals surface area contributed by atoms with Crippen molar-refractivity contribution in [2.45, 2.75) is 32.2 Å². The summed E-state index contributed by atoms with van der Waals surface area (Å²) in [5.41, 5.74) is 2.77. The van der Waals surface area contributed by atoms with Crippen molar-refractivity contribution in [2.75, 3.05) is 18.0 Å². The maximum atomic E-state index is 12.9. The molecule has 6 heteroatoms. The van der Waals surface area contributed by atoms with Gasteiger partial charge in [-0.1, -0.05) is 25.1 Å². The van der Waals surface area contributed by atoms with E-state index in [0.717, 1.165) is 54.8 Å². The van der Waals surface area contributed by atoms with E-state index in [-0.39, 0.29) is 11.9 Å². The molecule has 0 radical (unpaired) electrons. The molecule has 0 bridgehead atoms. The van der Waals surface area contributed by atoms with E-state index >= 15 is 0 Å². The molecule has 1 fully saturated rings. The lowest BCUT2D eigenvalue weighted by Gasteiger charge is -2.33. The van der Waals surface area contributed by atoms with E-state index in [4.69, 9.17) is 0 Å². The molecule has 1 aromatic carbocycles. The molecule has 134 valence electrons. The van der Waals surface area contributed by atoms with Crippen LogP contribution in [0.1, 0.15) is 35.8 Å². The van der Waals surface area contributed by atoms with Gasteiger partial charge in [-0.15, -0.1) is 0 Å². The molecule has 3 aromatic rings. The van der Waals surface area contributed by atoms with Crippen LogP contribution in [0.25, 0.3) is 10.9 Å². The number of hydrogen-bond acceptors (Lipinski definition) is 4. The van der Waals surface area contributed by atoms with Gasteiger partial charge < -0.3 is 15.2 Å². The summed E-state index contributed by atoms with van der Waals surface area (Å²) < 4.78 is 0. The van der Waals surface area contributed by atoms with E-state index in [1.165, 1.54) is 0 Å². The van der Waals surface area contributed by atoms with Gasteiger partial charge in [-0.05, 0) is 37.0 Å². The highest BCUT2D eigenvalue weighted by Crippen LogP contribution is 2.23. The monoisotopic (exact) mass is 349 g/mol. The molecule has 1 aliphatic rings. The number of H-pyrrole nitrogens is 1. The minimum Gasteiger partial charge on any atom is -0.350 e. The molecule has 2 N–H and O–H groups in total. The van der Waals surface area contributed by atoms with Gasteiger partial charge in [0.25, 0.3) is 5.91 Å². The lowest BCUT2D eigenvalue weighted by Crippen LogP contribution is -2.48. The quantitative estimate of drug-likeness (QED) is 0.759. The third-order valence-electron chi connectivity index (χ3n) is 4.99. The number of anilines is 1. The Morgan fingerprint density at radius 1 is 1.27 bits per heavy atom. The molecular weight excluding hydrogens is 326 g/mol. The first kappa shape index (κ1) is 16.6. The molecule has 2 aromatic heterocycles. The molecule has 1 amide bonds. The number of hydrogen-bond donors (Lipinski definition) is 2. The summed E-state index contributed by atoms with van der Waals surface area (Å²) in [7, 11) is 0. The number of piperidine rings is 1. The second-order valence-corrected chi connectivity index (χ2v) is 6.69. The number of nitrogens with zero attached hydrogens (tertiary/aromatic N) is 3. The Labute approximate surface area is 152 Å². The van der Waals surface area contributed by atoms with E-state index in [2.05, 4.69) is 38.2 Å². The number of carbonyl (C=O) groups excluding carboxylic acids is 1. The van der Waals surface area contributed by atoms with E-state index in [1.54, 1.807) is 12.4 Å². The number of aromatic amines is 1. The predicted octanol–water partition coefficient (Wildman–Crippen LogP) is 2.92. The summed E-state index contributed by atoms with van der Waals surface area (Å²) in [6.45, 7) is 3.74. The number of nitrogens with one attached hydrogen (secondary N) is 2. The molecule has 4 rings (SSSR count). The number of benzene rings is 1. The minimum absolute atomic E-state index is 0.0288. The minimum atomic E-state index is -0.0288. The fourth-order valence-electron chi connectivity index (χ4n) is 3.75. The van der Waals surface area contributed by atoms with E-state index in [1.807, 2.05) is 24.3 Å². The van der Waals surface area contributed by atoms with Crippen molar-refractivity contribution in [2.24, 2.45) is 0 Å². The first-order valence-corrected chi connectivity index (χ1v) is 9.18. The van der Waals surface area contributed by atoms with Crippen LogP contribution < -0.4 is 10.2 Å². The van der Waals surface area contributed by atoms with Crippen LogP contribution in [0, 0.1) is 0 Å². The number of fused-ring (bicyclic) bond motifs is 1. The van der Waals surface area contributed by atoms with Crippen LogP contribution in [0.5, 0.6) is 0 Å². The number of aromatic nitrogens is 3. The number of para-hydroxylation sites is 1. The molecule has 26 heavy (non-hydrogen) atoms. The second-order valence-electron chi connectivity index (χ2n) is 6.69. The molecule has 1 atom stereocenters. The maximum Gasteiger partial charge on any atom is 0.268 e. The molecule has 1 unspecified atom stereocenters. The van der Waals surface area contributed by atoms with Gasteiger partial charge in [0.2, 0.25) is 5.95 Å². The molecule has 0 aliphatic carbocycles. The number of aryl methyl sites for hydroxylation is 1. The Kier molecular flexibility index (Phi) is 4.56. The van der Waals surface area contributed by atoms with Crippen LogP contribution in [0.4, 0.5) is 5.95 Å². The largest absolute Gasteiger partial charge is 0.350 e. The Morgan fingerprint density at radius 3 is 2.88 bits per heavy atom. The molecule has 1 saturated heterocycles. The molecule has 6 nitrogen and oxygen atoms in total. The SMILES string of the molecule is CCc1c(C(=O)NC2CCCN(c3ncccn3)C2)[nH]c2ccccc12. The van der Waals surface area contributed by atoms with E-state index in [0.29, 0.717) is 5.69 Å². The highest BCUT2D eigenvalue weighted by molar-refractivity contribution is 6.01. The van der Waals surface area contributed by atoms with Gasteiger partial charge in [-0.25, -0.2) is 9.97 Å². The van der Waals surface area contributed by atoms with Crippen molar-refractivity contribution in [3.8, 4) is 0 Å². The van der Waals surface area contributed by atoms with Gasteiger partial charge in [0, 0.05) is 42.4 Å². The van der Waals surface area contributed by atoms with Crippen LogP contribution in [0.2, 0.25) is 0 Å². The average Bonchev–Trinajstić information content (AvgIpc) is 3.08. The summed E-state index contributed by atoms with van der Waals surface area (Å²) in [5, 5.41) is 4.33. The van der Waals surface area contributed by atoms with Crippen molar-refractivity contribution < 1.29 is 4.79 Å². The van der Waals surface area contributed by atoms with Gasteiger partial charge in [0.05, 0.1) is 0 Å². The third-order valence-corrected chi connectivity index (χ3v) is 4.99. The van der Waals surface area contributed by atoms with Crippen molar-refractivity contribution in [3.63, 3.8) is 0 Å². The van der Waals surface area contributed by atoms with Gasteiger partial charge in [0.15, 0.2) is 0 Å². The van der Waals surface area contributed by atoms with Gasteiger partial charge in [-0.3, -0.25) is 4.79 Å². The molecule has 0 saturated carbocycles.